The summed E-state index contributed by atoms with van der Waals surface area (Å²) in [6.45, 7) is 27.6. The molecule has 0 saturated carbocycles. The highest BCUT2D eigenvalue weighted by Gasteiger charge is 2.60. The predicted octanol–water partition coefficient (Wildman–Crippen LogP) is 3.08. The van der Waals surface area contributed by atoms with Crippen molar-refractivity contribution in [3.05, 3.63) is 88.6 Å². The van der Waals surface area contributed by atoms with E-state index >= 15 is 0 Å². The van der Waals surface area contributed by atoms with Gasteiger partial charge >= 0.3 is 0 Å². The Morgan fingerprint density at radius 2 is 1.05 bits per heavy atom. The summed E-state index contributed by atoms with van der Waals surface area (Å²) in [7, 11) is 0. The van der Waals surface area contributed by atoms with Gasteiger partial charge in [-0.25, -0.2) is 0 Å². The summed E-state index contributed by atoms with van der Waals surface area (Å²) < 4.78 is 61.5. The Morgan fingerprint density at radius 3 is 1.61 bits per heavy atom. The third-order valence-electron chi connectivity index (χ3n) is 6.57. The molecular formula is C33H50O11. The van der Waals surface area contributed by atoms with E-state index in [9.17, 15) is 5.11 Å². The monoisotopic (exact) mass is 622 g/mol. The van der Waals surface area contributed by atoms with Crippen molar-refractivity contribution in [3.63, 3.8) is 0 Å². The van der Waals surface area contributed by atoms with Gasteiger partial charge < -0.3 is 52.5 Å². The SMILES string of the molecule is C=CCOC[C@H]1O[C@@](COCC=C)(O[C@H]2O[C@H](COCC=C)[C@@H](OCC=C)[C@H](OCC=C)[C@H]2OCC=C)[C@@H](OCC=C)[C@@H]1O. The molecule has 0 aromatic rings. The minimum Gasteiger partial charge on any atom is -0.387 e. The Kier molecular flexibility index (Phi) is 18.5. The second kappa shape index (κ2) is 21.5. The fourth-order valence-corrected chi connectivity index (χ4v) is 4.85. The quantitative estimate of drug-likeness (QED) is 0.113. The Bertz CT molecular complexity index is 895. The van der Waals surface area contributed by atoms with Gasteiger partial charge in [0, 0.05) is 0 Å². The van der Waals surface area contributed by atoms with Gasteiger partial charge in [-0.15, -0.1) is 46.1 Å². The van der Waals surface area contributed by atoms with Crippen molar-refractivity contribution in [2.45, 2.75) is 54.8 Å². The van der Waals surface area contributed by atoms with Gasteiger partial charge in [-0.1, -0.05) is 42.5 Å². The maximum Gasteiger partial charge on any atom is 0.224 e. The van der Waals surface area contributed by atoms with E-state index in [2.05, 4.69) is 46.1 Å². The highest BCUT2D eigenvalue weighted by atomic mass is 16.8. The van der Waals surface area contributed by atoms with Crippen molar-refractivity contribution in [1.29, 1.82) is 0 Å². The van der Waals surface area contributed by atoms with Crippen LogP contribution in [-0.4, -0.2) is 126 Å². The van der Waals surface area contributed by atoms with Crippen LogP contribution < -0.4 is 0 Å². The van der Waals surface area contributed by atoms with Crippen LogP contribution in [0.25, 0.3) is 0 Å². The molecule has 11 nitrogen and oxygen atoms in total. The lowest BCUT2D eigenvalue weighted by Gasteiger charge is -2.48. The molecular weight excluding hydrogens is 572 g/mol. The lowest BCUT2D eigenvalue weighted by atomic mass is 9.97. The van der Waals surface area contributed by atoms with E-state index in [0.29, 0.717) is 0 Å². The number of aliphatic hydroxyl groups is 1. The third kappa shape index (κ3) is 11.0. The molecule has 2 saturated heterocycles. The standard InChI is InChI=1S/C33H50O11/c1-8-15-35-22-25-27(34)31(41-21-14-7)33(43-25,24-37-17-10-3)44-32-30(40-20-13-6)29(39-19-12-5)28(38-18-11-4)26(42-32)23-36-16-9-2/h8-14,25-32,34H,1-7,15-24H2/t25-,26-,27-,28-,29+,30-,31+,32-,33+/m1/s1. The van der Waals surface area contributed by atoms with Crippen molar-refractivity contribution in [1.82, 2.24) is 0 Å². The van der Waals surface area contributed by atoms with Crippen molar-refractivity contribution in [2.24, 2.45) is 0 Å². The Morgan fingerprint density at radius 1 is 0.568 bits per heavy atom. The van der Waals surface area contributed by atoms with Gasteiger partial charge in [0.05, 0.1) is 59.5 Å². The van der Waals surface area contributed by atoms with Gasteiger partial charge in [-0.05, 0) is 0 Å². The number of hydrogen-bond acceptors (Lipinski definition) is 11. The average Bonchev–Trinajstić information content (AvgIpc) is 3.27. The summed E-state index contributed by atoms with van der Waals surface area (Å²) in [5.41, 5.74) is 0. The Balaban J connectivity index is 2.58. The lowest BCUT2D eigenvalue weighted by molar-refractivity contribution is -0.393. The molecule has 0 spiro atoms. The average molecular weight is 623 g/mol. The van der Waals surface area contributed by atoms with Crippen LogP contribution in [0, 0.1) is 0 Å². The molecule has 0 aliphatic carbocycles. The van der Waals surface area contributed by atoms with E-state index in [-0.39, 0.29) is 66.1 Å². The topological polar surface area (TPSA) is 113 Å². The molecule has 0 amide bonds. The highest BCUT2D eigenvalue weighted by Crippen LogP contribution is 2.40. The molecule has 248 valence electrons. The molecule has 1 N–H and O–H groups in total. The molecule has 11 heteroatoms. The molecule has 0 bridgehead atoms. The minimum atomic E-state index is -1.68. The summed E-state index contributed by atoms with van der Waals surface area (Å²) in [5.74, 6) is -1.68. The molecule has 2 aliphatic heterocycles. The second-order valence-corrected chi connectivity index (χ2v) is 9.88. The molecule has 2 aliphatic rings. The molecule has 0 radical (unpaired) electrons. The molecule has 2 fully saturated rings. The third-order valence-corrected chi connectivity index (χ3v) is 6.57. The van der Waals surface area contributed by atoms with Crippen LogP contribution >= 0.6 is 0 Å². The Labute approximate surface area is 262 Å². The van der Waals surface area contributed by atoms with E-state index in [1.807, 2.05) is 0 Å². The predicted molar refractivity (Wildman–Crippen MR) is 166 cm³/mol. The summed E-state index contributed by atoms with van der Waals surface area (Å²) in [4.78, 5) is 0. The molecule has 9 atom stereocenters. The number of rotatable bonds is 26. The van der Waals surface area contributed by atoms with E-state index in [0.717, 1.165) is 0 Å². The molecule has 2 heterocycles. The van der Waals surface area contributed by atoms with Crippen LogP contribution in [0.4, 0.5) is 0 Å². The van der Waals surface area contributed by atoms with E-state index < -0.39 is 54.8 Å². The number of ether oxygens (including phenoxy) is 10. The summed E-state index contributed by atoms with van der Waals surface area (Å²) in [5, 5.41) is 11.4. The van der Waals surface area contributed by atoms with Crippen LogP contribution in [0.5, 0.6) is 0 Å². The van der Waals surface area contributed by atoms with E-state index in [1.165, 1.54) is 0 Å². The van der Waals surface area contributed by atoms with Crippen LogP contribution in [0.1, 0.15) is 0 Å². The zero-order valence-electron chi connectivity index (χ0n) is 25.7. The summed E-state index contributed by atoms with van der Waals surface area (Å²) >= 11 is 0. The summed E-state index contributed by atoms with van der Waals surface area (Å²) in [6, 6.07) is 0. The van der Waals surface area contributed by atoms with Crippen molar-refractivity contribution in [3.8, 4) is 0 Å². The minimum absolute atomic E-state index is 0.0379. The zero-order valence-corrected chi connectivity index (χ0v) is 25.7. The number of aliphatic hydroxyl groups excluding tert-OH is 1. The first-order valence-corrected chi connectivity index (χ1v) is 14.6. The molecule has 0 aromatic carbocycles. The van der Waals surface area contributed by atoms with Gasteiger partial charge in [0.15, 0.2) is 6.29 Å². The maximum atomic E-state index is 11.4. The fourth-order valence-electron chi connectivity index (χ4n) is 4.85. The maximum absolute atomic E-state index is 11.4. The molecule has 0 unspecified atom stereocenters. The Hall–Kier alpha value is -2.26. The van der Waals surface area contributed by atoms with Crippen LogP contribution in [0.2, 0.25) is 0 Å². The van der Waals surface area contributed by atoms with Crippen LogP contribution in [-0.2, 0) is 47.4 Å². The van der Waals surface area contributed by atoms with Crippen LogP contribution in [0.3, 0.4) is 0 Å². The first-order valence-electron chi connectivity index (χ1n) is 14.6. The lowest BCUT2D eigenvalue weighted by Crippen LogP contribution is -2.65. The van der Waals surface area contributed by atoms with Gasteiger partial charge in [0.2, 0.25) is 5.79 Å². The zero-order chi connectivity index (χ0) is 32.2. The van der Waals surface area contributed by atoms with Gasteiger partial charge in [-0.3, -0.25) is 0 Å². The summed E-state index contributed by atoms with van der Waals surface area (Å²) in [6.07, 6.45) is 4.13. The van der Waals surface area contributed by atoms with Gasteiger partial charge in [0.25, 0.3) is 0 Å². The van der Waals surface area contributed by atoms with Gasteiger partial charge in [-0.2, -0.15) is 0 Å². The molecule has 44 heavy (non-hydrogen) atoms. The molecule has 2 rings (SSSR count). The van der Waals surface area contributed by atoms with Crippen molar-refractivity contribution < 1.29 is 52.5 Å². The number of hydrogen-bond donors (Lipinski definition) is 1. The smallest absolute Gasteiger partial charge is 0.224 e. The van der Waals surface area contributed by atoms with Gasteiger partial charge in [0.1, 0.15) is 49.3 Å². The van der Waals surface area contributed by atoms with Crippen LogP contribution in [0.15, 0.2) is 88.6 Å². The largest absolute Gasteiger partial charge is 0.387 e. The van der Waals surface area contributed by atoms with E-state index in [1.54, 1.807) is 42.5 Å². The van der Waals surface area contributed by atoms with Crippen molar-refractivity contribution >= 4 is 0 Å². The fraction of sp³-hybridized carbons (Fsp3) is 0.576. The highest BCUT2D eigenvalue weighted by molar-refractivity contribution is 5.02. The molecule has 0 aromatic heterocycles. The normalized spacial score (nSPS) is 31.7. The van der Waals surface area contributed by atoms with E-state index in [4.69, 9.17) is 47.4 Å². The first-order chi connectivity index (χ1) is 21.5. The first kappa shape index (κ1) is 37.9. The second-order valence-electron chi connectivity index (χ2n) is 9.88. The van der Waals surface area contributed by atoms with Crippen molar-refractivity contribution in [2.75, 3.05) is 66.1 Å².